The zero-order valence-electron chi connectivity index (χ0n) is 11.4. The number of hydrogen-bond acceptors (Lipinski definition) is 1. The fraction of sp³-hybridized carbons (Fsp3) is 0.562. The molecule has 1 heterocycles. The summed E-state index contributed by atoms with van der Waals surface area (Å²) in [5.74, 6) is 0.954. The number of likely N-dealkylation sites (tertiary alicyclic amines) is 1. The third-order valence-corrected chi connectivity index (χ3v) is 6.03. The fourth-order valence-electron chi connectivity index (χ4n) is 3.69. The van der Waals surface area contributed by atoms with Gasteiger partial charge in [0.2, 0.25) is 0 Å². The zero-order chi connectivity index (χ0) is 14.1. The second kappa shape index (κ2) is 6.34. The Morgan fingerprint density at radius 3 is 2.80 bits per heavy atom. The summed E-state index contributed by atoms with van der Waals surface area (Å²) < 4.78 is 2.03. The Labute approximate surface area is 142 Å². The number of piperidine rings is 1. The van der Waals surface area contributed by atoms with Crippen LogP contribution in [0.2, 0.25) is 0 Å². The molecule has 0 N–H and O–H groups in total. The van der Waals surface area contributed by atoms with Gasteiger partial charge in [-0.05, 0) is 88.3 Å². The molecule has 1 saturated carbocycles. The van der Waals surface area contributed by atoms with E-state index >= 15 is 0 Å². The fourth-order valence-corrected chi connectivity index (χ4v) is 4.60. The van der Waals surface area contributed by atoms with Crippen molar-refractivity contribution in [1.82, 2.24) is 4.90 Å². The number of carbonyl (C=O) groups excluding carboxylic acids is 1. The van der Waals surface area contributed by atoms with Crippen molar-refractivity contribution in [2.45, 2.75) is 44.6 Å². The van der Waals surface area contributed by atoms with E-state index in [4.69, 9.17) is 0 Å². The molecule has 4 heteroatoms. The molecule has 0 aromatic heterocycles. The minimum Gasteiger partial charge on any atom is -0.335 e. The summed E-state index contributed by atoms with van der Waals surface area (Å²) in [6, 6.07) is 6.49. The van der Waals surface area contributed by atoms with Gasteiger partial charge in [0.25, 0.3) is 5.91 Å². The highest BCUT2D eigenvalue weighted by molar-refractivity contribution is 14.1. The molecular weight excluding hydrogens is 429 g/mol. The Morgan fingerprint density at radius 1 is 1.20 bits per heavy atom. The van der Waals surface area contributed by atoms with Crippen LogP contribution in [-0.2, 0) is 0 Å². The monoisotopic (exact) mass is 447 g/mol. The molecule has 2 nitrogen and oxygen atoms in total. The number of hydrogen-bond donors (Lipinski definition) is 0. The van der Waals surface area contributed by atoms with E-state index in [0.717, 1.165) is 32.5 Å². The summed E-state index contributed by atoms with van der Waals surface area (Å²) in [5, 5.41) is 0. The van der Waals surface area contributed by atoms with E-state index < -0.39 is 0 Å². The van der Waals surface area contributed by atoms with E-state index in [2.05, 4.69) is 43.4 Å². The number of nitrogens with zero attached hydrogens (tertiary/aromatic N) is 1. The average Bonchev–Trinajstić information content (AvgIpc) is 2.48. The number of rotatable bonds is 1. The lowest BCUT2D eigenvalue weighted by molar-refractivity contribution is 0.0390. The first-order valence-electron chi connectivity index (χ1n) is 7.43. The van der Waals surface area contributed by atoms with Crippen molar-refractivity contribution in [1.29, 1.82) is 0 Å². The highest BCUT2D eigenvalue weighted by atomic mass is 127. The Kier molecular flexibility index (Phi) is 4.70. The third kappa shape index (κ3) is 2.91. The van der Waals surface area contributed by atoms with Gasteiger partial charge in [0.05, 0.1) is 5.56 Å². The van der Waals surface area contributed by atoms with Crippen molar-refractivity contribution in [2.24, 2.45) is 5.92 Å². The van der Waals surface area contributed by atoms with E-state index in [9.17, 15) is 4.79 Å². The molecule has 1 amide bonds. The lowest BCUT2D eigenvalue weighted by Gasteiger charge is -2.44. The van der Waals surface area contributed by atoms with Crippen molar-refractivity contribution in [3.8, 4) is 0 Å². The molecular formula is C16H19BrINO. The van der Waals surface area contributed by atoms with E-state index in [1.807, 2.05) is 18.2 Å². The first kappa shape index (κ1) is 14.8. The Morgan fingerprint density at radius 2 is 1.95 bits per heavy atom. The minimum absolute atomic E-state index is 0.215. The molecule has 108 valence electrons. The van der Waals surface area contributed by atoms with Crippen LogP contribution in [0.3, 0.4) is 0 Å². The van der Waals surface area contributed by atoms with Gasteiger partial charge < -0.3 is 4.90 Å². The normalized spacial score (nSPS) is 26.2. The predicted octanol–water partition coefficient (Wildman–Crippen LogP) is 4.85. The summed E-state index contributed by atoms with van der Waals surface area (Å²) in [5.41, 5.74) is 0.822. The maximum atomic E-state index is 12.9. The minimum atomic E-state index is 0.215. The average molecular weight is 448 g/mol. The number of halogens is 2. The van der Waals surface area contributed by atoms with Crippen LogP contribution in [0.25, 0.3) is 0 Å². The van der Waals surface area contributed by atoms with Gasteiger partial charge in [-0.1, -0.05) is 12.8 Å². The van der Waals surface area contributed by atoms with Crippen LogP contribution in [0.4, 0.5) is 0 Å². The molecule has 2 atom stereocenters. The molecule has 2 aliphatic rings. The van der Waals surface area contributed by atoms with Gasteiger partial charge in [-0.15, -0.1) is 0 Å². The number of benzene rings is 1. The molecule has 1 saturated heterocycles. The number of amides is 1. The second-order valence-electron chi connectivity index (χ2n) is 5.88. The van der Waals surface area contributed by atoms with Gasteiger partial charge in [-0.3, -0.25) is 4.79 Å². The van der Waals surface area contributed by atoms with Crippen molar-refractivity contribution in [3.63, 3.8) is 0 Å². The molecule has 2 fully saturated rings. The molecule has 3 rings (SSSR count). The van der Waals surface area contributed by atoms with Gasteiger partial charge >= 0.3 is 0 Å². The van der Waals surface area contributed by atoms with Gasteiger partial charge in [-0.25, -0.2) is 0 Å². The third-order valence-electron chi connectivity index (χ3n) is 4.66. The second-order valence-corrected chi connectivity index (χ2v) is 7.98. The Hall–Kier alpha value is -0.100. The van der Waals surface area contributed by atoms with Crippen molar-refractivity contribution >= 4 is 44.4 Å². The van der Waals surface area contributed by atoms with Crippen molar-refractivity contribution in [2.75, 3.05) is 6.54 Å². The van der Waals surface area contributed by atoms with E-state index in [-0.39, 0.29) is 5.91 Å². The summed E-state index contributed by atoms with van der Waals surface area (Å²) >= 11 is 5.81. The SMILES string of the molecule is O=C(c1cc(I)ccc1Br)N1CCCC2CCCCC21. The first-order chi connectivity index (χ1) is 9.66. The van der Waals surface area contributed by atoms with Gasteiger partial charge in [-0.2, -0.15) is 0 Å². The maximum absolute atomic E-state index is 12.9. The lowest BCUT2D eigenvalue weighted by atomic mass is 9.78. The molecule has 1 aliphatic carbocycles. The molecule has 1 aliphatic heterocycles. The molecule has 0 radical (unpaired) electrons. The molecule has 0 bridgehead atoms. The number of carbonyl (C=O) groups is 1. The highest BCUT2D eigenvalue weighted by Crippen LogP contribution is 2.36. The van der Waals surface area contributed by atoms with Crippen LogP contribution < -0.4 is 0 Å². The molecule has 1 aromatic rings. The van der Waals surface area contributed by atoms with Crippen molar-refractivity contribution in [3.05, 3.63) is 31.8 Å². The summed E-state index contributed by atoms with van der Waals surface area (Å²) in [7, 11) is 0. The standard InChI is InChI=1S/C16H19BrINO/c17-14-8-7-12(18)10-13(14)16(20)19-9-3-5-11-4-1-2-6-15(11)19/h7-8,10-11,15H,1-6,9H2. The molecule has 20 heavy (non-hydrogen) atoms. The predicted molar refractivity (Wildman–Crippen MR) is 92.9 cm³/mol. The zero-order valence-corrected chi connectivity index (χ0v) is 15.2. The van der Waals surface area contributed by atoms with Crippen LogP contribution in [0.5, 0.6) is 0 Å². The van der Waals surface area contributed by atoms with E-state index in [1.54, 1.807) is 0 Å². The van der Waals surface area contributed by atoms with Gasteiger partial charge in [0.15, 0.2) is 0 Å². The maximum Gasteiger partial charge on any atom is 0.255 e. The summed E-state index contributed by atoms with van der Waals surface area (Å²) in [6.07, 6.45) is 7.59. The molecule has 1 aromatic carbocycles. The number of fused-ring (bicyclic) bond motifs is 1. The molecule has 0 spiro atoms. The van der Waals surface area contributed by atoms with E-state index in [1.165, 1.54) is 32.1 Å². The van der Waals surface area contributed by atoms with Crippen LogP contribution in [-0.4, -0.2) is 23.4 Å². The molecule has 2 unspecified atom stereocenters. The summed E-state index contributed by atoms with van der Waals surface area (Å²) in [4.78, 5) is 15.1. The van der Waals surface area contributed by atoms with Crippen LogP contribution in [0.15, 0.2) is 22.7 Å². The Bertz CT molecular complexity index is 517. The lowest BCUT2D eigenvalue weighted by Crippen LogP contribution is -2.49. The Balaban J connectivity index is 1.87. The van der Waals surface area contributed by atoms with E-state index in [0.29, 0.717) is 6.04 Å². The quantitative estimate of drug-likeness (QED) is 0.563. The summed E-state index contributed by atoms with van der Waals surface area (Å²) in [6.45, 7) is 0.928. The largest absolute Gasteiger partial charge is 0.335 e. The highest BCUT2D eigenvalue weighted by Gasteiger charge is 2.36. The first-order valence-corrected chi connectivity index (χ1v) is 9.30. The van der Waals surface area contributed by atoms with Gasteiger partial charge in [0, 0.05) is 20.6 Å². The van der Waals surface area contributed by atoms with Gasteiger partial charge in [0.1, 0.15) is 0 Å². The van der Waals surface area contributed by atoms with Crippen LogP contribution in [0.1, 0.15) is 48.9 Å². The topological polar surface area (TPSA) is 20.3 Å². The smallest absolute Gasteiger partial charge is 0.255 e. The van der Waals surface area contributed by atoms with Crippen molar-refractivity contribution < 1.29 is 4.79 Å². The van der Waals surface area contributed by atoms with Crippen LogP contribution in [0, 0.1) is 9.49 Å². The van der Waals surface area contributed by atoms with Crippen LogP contribution >= 0.6 is 38.5 Å².